The van der Waals surface area contributed by atoms with Crippen LogP contribution in [0.25, 0.3) is 0 Å². The van der Waals surface area contributed by atoms with E-state index >= 15 is 0 Å². The van der Waals surface area contributed by atoms with Gasteiger partial charge < -0.3 is 10.4 Å². The molecular formula is C6H5F3N2O2S. The van der Waals surface area contributed by atoms with E-state index in [0.717, 1.165) is 5.38 Å². The molecule has 0 aliphatic heterocycles. The summed E-state index contributed by atoms with van der Waals surface area (Å²) >= 11 is 0.713. The molecule has 0 saturated carbocycles. The second kappa shape index (κ2) is 3.82. The number of carbonyl (C=O) groups is 1. The van der Waals surface area contributed by atoms with Crippen molar-refractivity contribution in [1.82, 2.24) is 4.98 Å². The van der Waals surface area contributed by atoms with E-state index in [1.54, 1.807) is 0 Å². The van der Waals surface area contributed by atoms with Crippen molar-refractivity contribution in [3.05, 3.63) is 11.1 Å². The monoisotopic (exact) mass is 226 g/mol. The minimum atomic E-state index is -4.49. The van der Waals surface area contributed by atoms with Gasteiger partial charge in [-0.1, -0.05) is 0 Å². The summed E-state index contributed by atoms with van der Waals surface area (Å²) in [5, 5.41) is 11.2. The van der Waals surface area contributed by atoms with Gasteiger partial charge >= 0.3 is 12.1 Å². The molecule has 0 aliphatic carbocycles. The van der Waals surface area contributed by atoms with E-state index < -0.39 is 24.4 Å². The van der Waals surface area contributed by atoms with Gasteiger partial charge in [0.25, 0.3) is 0 Å². The molecular weight excluding hydrogens is 221 g/mol. The van der Waals surface area contributed by atoms with Gasteiger partial charge in [0, 0.05) is 5.38 Å². The second-order valence-corrected chi connectivity index (χ2v) is 3.14. The predicted octanol–water partition coefficient (Wildman–Crippen LogP) is 1.66. The van der Waals surface area contributed by atoms with E-state index in [1.165, 1.54) is 0 Å². The highest BCUT2D eigenvalue weighted by molar-refractivity contribution is 7.13. The molecule has 1 heterocycles. The molecule has 14 heavy (non-hydrogen) atoms. The highest BCUT2D eigenvalue weighted by Gasteiger charge is 2.33. The summed E-state index contributed by atoms with van der Waals surface area (Å²) in [7, 11) is 0. The number of halogens is 3. The lowest BCUT2D eigenvalue weighted by molar-refractivity contribution is -0.140. The van der Waals surface area contributed by atoms with Crippen molar-refractivity contribution < 1.29 is 23.1 Å². The van der Waals surface area contributed by atoms with E-state index in [0.29, 0.717) is 11.3 Å². The number of hydrogen-bond donors (Lipinski definition) is 2. The molecule has 0 amide bonds. The van der Waals surface area contributed by atoms with Crippen LogP contribution >= 0.6 is 11.3 Å². The van der Waals surface area contributed by atoms with Crippen molar-refractivity contribution in [2.24, 2.45) is 0 Å². The Morgan fingerprint density at radius 1 is 1.64 bits per heavy atom. The van der Waals surface area contributed by atoms with Crippen LogP contribution in [-0.2, 0) is 11.0 Å². The van der Waals surface area contributed by atoms with Crippen LogP contribution in [0.15, 0.2) is 5.38 Å². The first kappa shape index (κ1) is 10.8. The van der Waals surface area contributed by atoms with E-state index in [1.807, 2.05) is 0 Å². The maximum absolute atomic E-state index is 12.0. The average molecular weight is 226 g/mol. The molecule has 8 heteroatoms. The van der Waals surface area contributed by atoms with Gasteiger partial charge in [0.1, 0.15) is 6.54 Å². The van der Waals surface area contributed by atoms with E-state index in [-0.39, 0.29) is 5.13 Å². The second-order valence-electron chi connectivity index (χ2n) is 2.28. The Kier molecular flexibility index (Phi) is 2.94. The van der Waals surface area contributed by atoms with Crippen molar-refractivity contribution in [1.29, 1.82) is 0 Å². The highest BCUT2D eigenvalue weighted by atomic mass is 32.1. The number of alkyl halides is 3. The minimum absolute atomic E-state index is 0.0558. The van der Waals surface area contributed by atoms with Gasteiger partial charge in [-0.2, -0.15) is 13.2 Å². The summed E-state index contributed by atoms with van der Waals surface area (Å²) in [6, 6.07) is 0. The Morgan fingerprint density at radius 2 is 2.29 bits per heavy atom. The van der Waals surface area contributed by atoms with Crippen LogP contribution < -0.4 is 5.32 Å². The fourth-order valence-electron chi connectivity index (χ4n) is 0.636. The third-order valence-electron chi connectivity index (χ3n) is 1.19. The van der Waals surface area contributed by atoms with Crippen LogP contribution in [0, 0.1) is 0 Å². The molecule has 0 fully saturated rings. The first-order valence-electron chi connectivity index (χ1n) is 3.38. The molecule has 78 valence electrons. The van der Waals surface area contributed by atoms with Gasteiger partial charge in [-0.25, -0.2) is 4.98 Å². The van der Waals surface area contributed by atoms with Crippen LogP contribution in [0.3, 0.4) is 0 Å². The molecule has 0 aliphatic rings. The summed E-state index contributed by atoms with van der Waals surface area (Å²) in [6.45, 7) is -0.454. The Bertz CT molecular complexity index is 336. The zero-order valence-corrected chi connectivity index (χ0v) is 7.45. The number of rotatable bonds is 3. The van der Waals surface area contributed by atoms with Crippen molar-refractivity contribution in [2.75, 3.05) is 11.9 Å². The van der Waals surface area contributed by atoms with Crippen LogP contribution in [0.5, 0.6) is 0 Å². The molecule has 0 unspecified atom stereocenters. The molecule has 0 spiro atoms. The van der Waals surface area contributed by atoms with Crippen molar-refractivity contribution >= 4 is 22.4 Å². The molecule has 4 nitrogen and oxygen atoms in total. The lowest BCUT2D eigenvalue weighted by atomic mass is 10.5. The number of carboxylic acid groups (broad SMARTS) is 1. The molecule has 1 aromatic rings. The predicted molar refractivity (Wildman–Crippen MR) is 43.2 cm³/mol. The van der Waals surface area contributed by atoms with Crippen molar-refractivity contribution in [2.45, 2.75) is 6.18 Å². The van der Waals surface area contributed by atoms with E-state index in [4.69, 9.17) is 5.11 Å². The maximum atomic E-state index is 12.0. The molecule has 0 saturated heterocycles. The van der Waals surface area contributed by atoms with Gasteiger partial charge in [-0.15, -0.1) is 11.3 Å². The van der Waals surface area contributed by atoms with E-state index in [9.17, 15) is 18.0 Å². The SMILES string of the molecule is O=C(O)CNc1nc(C(F)(F)F)cs1. The zero-order valence-electron chi connectivity index (χ0n) is 6.63. The normalized spacial score (nSPS) is 11.4. The van der Waals surface area contributed by atoms with Crippen LogP contribution in [-0.4, -0.2) is 22.6 Å². The average Bonchev–Trinajstić information content (AvgIpc) is 2.47. The number of aliphatic carboxylic acids is 1. The summed E-state index contributed by atoms with van der Waals surface area (Å²) in [5.41, 5.74) is -1.02. The molecule has 0 radical (unpaired) electrons. The molecule has 2 N–H and O–H groups in total. The molecule has 0 bridgehead atoms. The minimum Gasteiger partial charge on any atom is -0.480 e. The summed E-state index contributed by atoms with van der Waals surface area (Å²) in [5.74, 6) is -1.16. The van der Waals surface area contributed by atoms with Gasteiger partial charge in [-0.05, 0) is 0 Å². The lowest BCUT2D eigenvalue weighted by Crippen LogP contribution is -2.12. The maximum Gasteiger partial charge on any atom is 0.434 e. The summed E-state index contributed by atoms with van der Waals surface area (Å²) in [6.07, 6.45) is -4.49. The third-order valence-corrected chi connectivity index (χ3v) is 1.99. The number of hydrogen-bond acceptors (Lipinski definition) is 4. The quantitative estimate of drug-likeness (QED) is 0.822. The number of aromatic nitrogens is 1. The van der Waals surface area contributed by atoms with Gasteiger partial charge in [0.2, 0.25) is 0 Å². The van der Waals surface area contributed by atoms with Gasteiger partial charge in [0.15, 0.2) is 10.8 Å². The van der Waals surface area contributed by atoms with E-state index in [2.05, 4.69) is 10.3 Å². The number of anilines is 1. The highest BCUT2D eigenvalue weighted by Crippen LogP contribution is 2.31. The lowest BCUT2D eigenvalue weighted by Gasteiger charge is -2.00. The Balaban J connectivity index is 2.64. The van der Waals surface area contributed by atoms with Crippen molar-refractivity contribution in [3.63, 3.8) is 0 Å². The fourth-order valence-corrected chi connectivity index (χ4v) is 1.35. The van der Waals surface area contributed by atoms with Crippen LogP contribution in [0.2, 0.25) is 0 Å². The molecule has 0 aromatic carbocycles. The van der Waals surface area contributed by atoms with Crippen LogP contribution in [0.4, 0.5) is 18.3 Å². The standard InChI is InChI=1S/C6H5F3N2O2S/c7-6(8,9)3-2-14-5(11-3)10-1-4(12)13/h2H,1H2,(H,10,11)(H,12,13). The Morgan fingerprint density at radius 3 is 2.71 bits per heavy atom. The zero-order chi connectivity index (χ0) is 10.8. The number of nitrogens with zero attached hydrogens (tertiary/aromatic N) is 1. The number of thiazole rings is 1. The summed E-state index contributed by atoms with van der Waals surface area (Å²) in [4.78, 5) is 13.2. The van der Waals surface area contributed by atoms with Gasteiger partial charge in [-0.3, -0.25) is 4.79 Å². The first-order chi connectivity index (χ1) is 6.39. The first-order valence-corrected chi connectivity index (χ1v) is 4.26. The largest absolute Gasteiger partial charge is 0.480 e. The molecule has 1 rings (SSSR count). The number of carboxylic acids is 1. The van der Waals surface area contributed by atoms with Crippen molar-refractivity contribution in [3.8, 4) is 0 Å². The van der Waals surface area contributed by atoms with Crippen LogP contribution in [0.1, 0.15) is 5.69 Å². The Labute approximate surface area is 80.4 Å². The third kappa shape index (κ3) is 2.87. The summed E-state index contributed by atoms with van der Waals surface area (Å²) < 4.78 is 36.0. The smallest absolute Gasteiger partial charge is 0.434 e. The molecule has 1 aromatic heterocycles. The molecule has 0 atom stereocenters. The Hall–Kier alpha value is -1.31. The topological polar surface area (TPSA) is 62.2 Å². The fraction of sp³-hybridized carbons (Fsp3) is 0.333. The number of nitrogens with one attached hydrogen (secondary N) is 1. The van der Waals surface area contributed by atoms with Gasteiger partial charge in [0.05, 0.1) is 0 Å².